The van der Waals surface area contributed by atoms with Gasteiger partial charge in [-0.1, -0.05) is 0 Å². The first kappa shape index (κ1) is 17.8. The molecule has 2 N–H and O–H groups in total. The Morgan fingerprint density at radius 3 is 2.73 bits per heavy atom. The quantitative estimate of drug-likeness (QED) is 0.696. The molecule has 1 aromatic carbocycles. The van der Waals surface area contributed by atoms with Gasteiger partial charge in [-0.3, -0.25) is 4.40 Å². The third-order valence-corrected chi connectivity index (χ3v) is 3.53. The van der Waals surface area contributed by atoms with Gasteiger partial charge in [0.25, 0.3) is 0 Å². The van der Waals surface area contributed by atoms with Crippen molar-refractivity contribution in [3.8, 4) is 22.8 Å². The molecule has 138 valence electrons. The summed E-state index contributed by atoms with van der Waals surface area (Å²) in [4.78, 5) is 0. The lowest BCUT2D eigenvalue weighted by Gasteiger charge is -2.15. The fourth-order valence-corrected chi connectivity index (χ4v) is 2.47. The lowest BCUT2D eigenvalue weighted by Crippen LogP contribution is -2.18. The molecule has 3 rings (SSSR count). The Labute approximate surface area is 146 Å². The van der Waals surface area contributed by atoms with E-state index in [1.165, 1.54) is 19.2 Å². The molecule has 10 heteroatoms. The van der Waals surface area contributed by atoms with Crippen LogP contribution in [0.5, 0.6) is 11.5 Å². The Bertz CT molecular complexity index is 911. The first-order valence-electron chi connectivity index (χ1n) is 7.55. The van der Waals surface area contributed by atoms with E-state index in [9.17, 15) is 13.2 Å². The zero-order valence-electron chi connectivity index (χ0n) is 13.6. The van der Waals surface area contributed by atoms with Gasteiger partial charge in [0.15, 0.2) is 0 Å². The summed E-state index contributed by atoms with van der Waals surface area (Å²) in [6, 6.07) is 7.48. The molecule has 0 bridgehead atoms. The summed E-state index contributed by atoms with van der Waals surface area (Å²) in [7, 11) is 1.35. The molecule has 0 amide bonds. The van der Waals surface area contributed by atoms with Crippen LogP contribution in [0.2, 0.25) is 0 Å². The fraction of sp³-hybridized carbons (Fsp3) is 0.250. The van der Waals surface area contributed by atoms with Gasteiger partial charge in [0.2, 0.25) is 5.95 Å². The summed E-state index contributed by atoms with van der Waals surface area (Å²) >= 11 is 0. The molecule has 2 heterocycles. The number of halogens is 3. The standard InChI is InChI=1S/C16H15F3N4O3/c1-25-10-4-5-11(13(9-10)26-16(17,18)19)14-12-3-2-7-23(12)15(22-21-14)20-6-8-24/h2-5,7,9,24H,6,8H2,1H3,(H,20,22). The van der Waals surface area contributed by atoms with Crippen molar-refractivity contribution in [2.45, 2.75) is 6.36 Å². The highest BCUT2D eigenvalue weighted by molar-refractivity contribution is 5.81. The zero-order chi connectivity index (χ0) is 18.7. The van der Waals surface area contributed by atoms with Crippen LogP contribution in [-0.2, 0) is 0 Å². The molecule has 26 heavy (non-hydrogen) atoms. The highest BCUT2D eigenvalue weighted by Gasteiger charge is 2.33. The molecule has 0 unspecified atom stereocenters. The van der Waals surface area contributed by atoms with Gasteiger partial charge in [0.05, 0.1) is 19.2 Å². The Hall–Kier alpha value is -3.01. The minimum atomic E-state index is -4.87. The molecule has 0 radical (unpaired) electrons. The van der Waals surface area contributed by atoms with Crippen molar-refractivity contribution in [1.82, 2.24) is 14.6 Å². The molecular weight excluding hydrogens is 353 g/mol. The first-order valence-corrected chi connectivity index (χ1v) is 7.55. The van der Waals surface area contributed by atoms with Crippen LogP contribution < -0.4 is 14.8 Å². The lowest BCUT2D eigenvalue weighted by atomic mass is 10.1. The number of fused-ring (bicyclic) bond motifs is 1. The molecule has 0 spiro atoms. The maximum absolute atomic E-state index is 12.8. The summed E-state index contributed by atoms with van der Waals surface area (Å²) in [5, 5.41) is 19.8. The number of alkyl halides is 3. The highest BCUT2D eigenvalue weighted by Crippen LogP contribution is 2.37. The normalized spacial score (nSPS) is 11.6. The molecule has 7 nitrogen and oxygen atoms in total. The van der Waals surface area contributed by atoms with Gasteiger partial charge in [-0.25, -0.2) is 0 Å². The van der Waals surface area contributed by atoms with E-state index in [1.54, 1.807) is 22.7 Å². The van der Waals surface area contributed by atoms with E-state index in [-0.39, 0.29) is 30.2 Å². The Morgan fingerprint density at radius 2 is 2.04 bits per heavy atom. The number of methoxy groups -OCH3 is 1. The summed E-state index contributed by atoms with van der Waals surface area (Å²) in [5.41, 5.74) is 0.858. The Morgan fingerprint density at radius 1 is 1.23 bits per heavy atom. The molecular formula is C16H15F3N4O3. The molecule has 0 saturated carbocycles. The van der Waals surface area contributed by atoms with Crippen LogP contribution in [0.4, 0.5) is 19.1 Å². The van der Waals surface area contributed by atoms with Crippen molar-refractivity contribution in [3.63, 3.8) is 0 Å². The van der Waals surface area contributed by atoms with Gasteiger partial charge in [0, 0.05) is 24.4 Å². The van der Waals surface area contributed by atoms with E-state index >= 15 is 0 Å². The number of benzene rings is 1. The van der Waals surface area contributed by atoms with Crippen LogP contribution in [0, 0.1) is 0 Å². The third-order valence-electron chi connectivity index (χ3n) is 3.53. The second-order valence-corrected chi connectivity index (χ2v) is 5.20. The van der Waals surface area contributed by atoms with Crippen molar-refractivity contribution in [2.75, 3.05) is 25.6 Å². The Kier molecular flexibility index (Phi) is 4.85. The van der Waals surface area contributed by atoms with Gasteiger partial charge in [-0.15, -0.1) is 23.4 Å². The second-order valence-electron chi connectivity index (χ2n) is 5.20. The van der Waals surface area contributed by atoms with Crippen LogP contribution in [0.25, 0.3) is 16.8 Å². The smallest absolute Gasteiger partial charge is 0.497 e. The zero-order valence-corrected chi connectivity index (χ0v) is 13.6. The predicted molar refractivity (Wildman–Crippen MR) is 87.2 cm³/mol. The average Bonchev–Trinajstić information content (AvgIpc) is 3.08. The van der Waals surface area contributed by atoms with Crippen LogP contribution >= 0.6 is 0 Å². The molecule has 2 aromatic heterocycles. The average molecular weight is 368 g/mol. The van der Waals surface area contributed by atoms with Gasteiger partial charge >= 0.3 is 6.36 Å². The monoisotopic (exact) mass is 368 g/mol. The number of rotatable bonds is 6. The van der Waals surface area contributed by atoms with Crippen LogP contribution in [0.15, 0.2) is 36.5 Å². The van der Waals surface area contributed by atoms with Crippen molar-refractivity contribution in [3.05, 3.63) is 36.5 Å². The van der Waals surface area contributed by atoms with E-state index in [0.29, 0.717) is 11.5 Å². The largest absolute Gasteiger partial charge is 0.573 e. The first-order chi connectivity index (χ1) is 12.4. The van der Waals surface area contributed by atoms with E-state index in [2.05, 4.69) is 20.3 Å². The number of aliphatic hydroxyl groups is 1. The van der Waals surface area contributed by atoms with E-state index in [4.69, 9.17) is 9.84 Å². The van der Waals surface area contributed by atoms with Crippen molar-refractivity contribution >= 4 is 11.5 Å². The van der Waals surface area contributed by atoms with Crippen molar-refractivity contribution < 1.29 is 27.8 Å². The summed E-state index contributed by atoms with van der Waals surface area (Å²) < 4.78 is 49.1. The third kappa shape index (κ3) is 3.64. The number of anilines is 1. The summed E-state index contributed by atoms with van der Waals surface area (Å²) in [5.74, 6) is 0.133. The van der Waals surface area contributed by atoms with Gasteiger partial charge < -0.3 is 19.9 Å². The molecule has 0 saturated heterocycles. The number of nitrogens with zero attached hydrogens (tertiary/aromatic N) is 3. The second kappa shape index (κ2) is 7.08. The maximum atomic E-state index is 12.8. The maximum Gasteiger partial charge on any atom is 0.573 e. The van der Waals surface area contributed by atoms with Crippen LogP contribution in [0.1, 0.15) is 0 Å². The number of ether oxygens (including phenoxy) is 2. The molecule has 3 aromatic rings. The number of hydrogen-bond donors (Lipinski definition) is 2. The van der Waals surface area contributed by atoms with E-state index in [1.807, 2.05) is 0 Å². The summed E-state index contributed by atoms with van der Waals surface area (Å²) in [6.45, 7) is 0.153. The van der Waals surface area contributed by atoms with E-state index in [0.717, 1.165) is 6.07 Å². The number of hydrogen-bond acceptors (Lipinski definition) is 6. The molecule has 0 aliphatic rings. The minimum Gasteiger partial charge on any atom is -0.497 e. The predicted octanol–water partition coefficient (Wildman–Crippen LogP) is 2.71. The highest BCUT2D eigenvalue weighted by atomic mass is 19.4. The van der Waals surface area contributed by atoms with Crippen LogP contribution in [0.3, 0.4) is 0 Å². The SMILES string of the molecule is COc1ccc(-c2nnc(NCCO)n3cccc23)c(OC(F)(F)F)c1. The molecule has 0 fully saturated rings. The van der Waals surface area contributed by atoms with Gasteiger partial charge in [-0.2, -0.15) is 0 Å². The lowest BCUT2D eigenvalue weighted by molar-refractivity contribution is -0.274. The van der Waals surface area contributed by atoms with Gasteiger partial charge in [-0.05, 0) is 24.3 Å². The number of aliphatic hydroxyl groups excluding tert-OH is 1. The minimum absolute atomic E-state index is 0.103. The van der Waals surface area contributed by atoms with Crippen molar-refractivity contribution in [2.24, 2.45) is 0 Å². The topological polar surface area (TPSA) is 80.9 Å². The van der Waals surface area contributed by atoms with Crippen molar-refractivity contribution in [1.29, 1.82) is 0 Å². The summed E-state index contributed by atoms with van der Waals surface area (Å²) in [6.07, 6.45) is -3.18. The molecule has 0 aliphatic heterocycles. The van der Waals surface area contributed by atoms with Gasteiger partial charge in [0.1, 0.15) is 17.2 Å². The Balaban J connectivity index is 2.13. The molecule has 0 atom stereocenters. The molecule has 0 aliphatic carbocycles. The fourth-order valence-electron chi connectivity index (χ4n) is 2.47. The number of aromatic nitrogens is 3. The van der Waals surface area contributed by atoms with Crippen LogP contribution in [-0.4, -0.2) is 46.3 Å². The number of nitrogens with one attached hydrogen (secondary N) is 1. The van der Waals surface area contributed by atoms with E-state index < -0.39 is 12.1 Å².